The molecule has 1 aliphatic carbocycles. The van der Waals surface area contributed by atoms with Gasteiger partial charge in [0.05, 0.1) is 22.4 Å². The first kappa shape index (κ1) is 23.1. The first-order chi connectivity index (χ1) is 13.9. The summed E-state index contributed by atoms with van der Waals surface area (Å²) in [4.78, 5) is 14.6. The van der Waals surface area contributed by atoms with Crippen molar-refractivity contribution in [1.82, 2.24) is 0 Å². The minimum atomic E-state index is -2.08. The molecular formula is C22H31ClN2O4Si. The summed E-state index contributed by atoms with van der Waals surface area (Å²) in [6.07, 6.45) is 1.05. The van der Waals surface area contributed by atoms with Crippen LogP contribution in [0.2, 0.25) is 23.2 Å². The van der Waals surface area contributed by atoms with Crippen LogP contribution in [0, 0.1) is 18.3 Å². The zero-order valence-electron chi connectivity index (χ0n) is 18.8. The Kier molecular flexibility index (Phi) is 6.02. The highest BCUT2D eigenvalue weighted by Crippen LogP contribution is 2.50. The predicted octanol–water partition coefficient (Wildman–Crippen LogP) is 5.76. The van der Waals surface area contributed by atoms with E-state index < -0.39 is 26.2 Å². The summed E-state index contributed by atoms with van der Waals surface area (Å²) >= 11 is 6.37. The molecule has 1 spiro atoms. The van der Waals surface area contributed by atoms with E-state index in [1.54, 1.807) is 26.2 Å². The van der Waals surface area contributed by atoms with Gasteiger partial charge in [0.15, 0.2) is 20.1 Å². The molecule has 0 bridgehead atoms. The number of amides is 1. The van der Waals surface area contributed by atoms with E-state index in [2.05, 4.69) is 39.9 Å². The third-order valence-corrected chi connectivity index (χ3v) is 11.9. The monoisotopic (exact) mass is 450 g/mol. The quantitative estimate of drug-likeness (QED) is 0.545. The summed E-state index contributed by atoms with van der Waals surface area (Å²) in [6.45, 7) is 12.8. The lowest BCUT2D eigenvalue weighted by atomic mass is 9.96. The van der Waals surface area contributed by atoms with Crippen molar-refractivity contribution in [2.75, 3.05) is 12.0 Å². The molecule has 3 rings (SSSR count). The van der Waals surface area contributed by atoms with E-state index in [0.717, 1.165) is 12.8 Å². The Morgan fingerprint density at radius 1 is 1.37 bits per heavy atom. The molecule has 8 heteroatoms. The molecule has 0 N–H and O–H groups in total. The number of ether oxygens (including phenoxy) is 2. The Hall–Kier alpha value is -1.59. The third-order valence-electron chi connectivity index (χ3n) is 6.91. The lowest BCUT2D eigenvalue weighted by molar-refractivity contribution is -0.103. The second-order valence-corrected chi connectivity index (χ2v) is 14.9. The van der Waals surface area contributed by atoms with Crippen LogP contribution in [0.4, 0.5) is 10.5 Å². The Morgan fingerprint density at radius 2 is 2.03 bits per heavy atom. The summed E-state index contributed by atoms with van der Waals surface area (Å²) in [5.74, 6) is 0. The number of methoxy groups -OCH3 is 1. The number of halogens is 1. The maximum absolute atomic E-state index is 13.1. The number of carbonyl (C=O) groups excluding carboxylic acids is 1. The van der Waals surface area contributed by atoms with Crippen molar-refractivity contribution in [1.29, 1.82) is 5.26 Å². The molecule has 1 amide bonds. The molecule has 1 aromatic rings. The van der Waals surface area contributed by atoms with E-state index in [-0.39, 0.29) is 11.1 Å². The number of rotatable bonds is 4. The molecule has 0 radical (unpaired) electrons. The predicted molar refractivity (Wildman–Crippen MR) is 119 cm³/mol. The van der Waals surface area contributed by atoms with E-state index in [4.69, 9.17) is 25.5 Å². The normalized spacial score (nSPS) is 26.9. The average Bonchev–Trinajstić information content (AvgIpc) is 3.16. The van der Waals surface area contributed by atoms with Crippen LogP contribution in [0.5, 0.6) is 0 Å². The minimum Gasteiger partial charge on any atom is -0.435 e. The molecule has 1 heterocycles. The molecule has 1 saturated heterocycles. The molecule has 1 aliphatic heterocycles. The first-order valence-corrected chi connectivity index (χ1v) is 13.6. The largest absolute Gasteiger partial charge is 0.435 e. The lowest BCUT2D eigenvalue weighted by Gasteiger charge is -2.43. The van der Waals surface area contributed by atoms with Gasteiger partial charge in [0.25, 0.3) is 0 Å². The number of hydrogen-bond acceptors (Lipinski definition) is 5. The number of benzene rings is 1. The Bertz CT molecular complexity index is 892. The highest BCUT2D eigenvalue weighted by molar-refractivity contribution is 6.74. The van der Waals surface area contributed by atoms with Crippen molar-refractivity contribution in [2.24, 2.45) is 0 Å². The van der Waals surface area contributed by atoms with Gasteiger partial charge in [-0.15, -0.1) is 0 Å². The molecule has 0 aromatic heterocycles. The van der Waals surface area contributed by atoms with Crippen molar-refractivity contribution in [2.45, 2.75) is 83.0 Å². The number of carbonyl (C=O) groups is 1. The maximum Gasteiger partial charge on any atom is 0.417 e. The highest BCUT2D eigenvalue weighted by Gasteiger charge is 2.63. The van der Waals surface area contributed by atoms with Crippen LogP contribution >= 0.6 is 11.6 Å². The molecular weight excluding hydrogens is 420 g/mol. The van der Waals surface area contributed by atoms with E-state index in [0.29, 0.717) is 28.3 Å². The summed E-state index contributed by atoms with van der Waals surface area (Å²) in [5, 5.41) is 9.62. The van der Waals surface area contributed by atoms with Crippen LogP contribution in [0.1, 0.15) is 51.2 Å². The van der Waals surface area contributed by atoms with Crippen LogP contribution in [0.15, 0.2) is 12.1 Å². The number of nitrogens with zero attached hydrogens (tertiary/aromatic N) is 2. The molecule has 2 aliphatic rings. The van der Waals surface area contributed by atoms with Crippen molar-refractivity contribution < 1.29 is 18.7 Å². The van der Waals surface area contributed by atoms with Crippen LogP contribution in [-0.2, 0) is 13.9 Å². The van der Waals surface area contributed by atoms with E-state index >= 15 is 0 Å². The van der Waals surface area contributed by atoms with Gasteiger partial charge in [-0.25, -0.2) is 9.69 Å². The van der Waals surface area contributed by atoms with Crippen LogP contribution < -0.4 is 4.90 Å². The molecule has 30 heavy (non-hydrogen) atoms. The molecule has 1 aromatic carbocycles. The van der Waals surface area contributed by atoms with Crippen molar-refractivity contribution in [3.8, 4) is 6.07 Å². The van der Waals surface area contributed by atoms with Gasteiger partial charge < -0.3 is 13.9 Å². The maximum atomic E-state index is 13.1. The topological polar surface area (TPSA) is 71.8 Å². The second kappa shape index (κ2) is 7.83. The summed E-state index contributed by atoms with van der Waals surface area (Å²) in [6, 6.07) is 5.42. The van der Waals surface area contributed by atoms with Crippen LogP contribution in [-0.4, -0.2) is 39.5 Å². The summed E-state index contributed by atoms with van der Waals surface area (Å²) in [5.41, 5.74) is 0.736. The number of nitriles is 1. The number of anilines is 1. The number of hydrogen-bond donors (Lipinski definition) is 0. The van der Waals surface area contributed by atoms with Gasteiger partial charge >= 0.3 is 6.09 Å². The molecule has 164 valence electrons. The van der Waals surface area contributed by atoms with Gasteiger partial charge in [-0.2, -0.15) is 5.26 Å². The van der Waals surface area contributed by atoms with Gasteiger partial charge in [0.1, 0.15) is 6.07 Å². The average molecular weight is 451 g/mol. The van der Waals surface area contributed by atoms with E-state index in [1.807, 2.05) is 0 Å². The fourth-order valence-corrected chi connectivity index (χ4v) is 5.77. The van der Waals surface area contributed by atoms with E-state index in [9.17, 15) is 10.1 Å². The zero-order chi connectivity index (χ0) is 22.5. The summed E-state index contributed by atoms with van der Waals surface area (Å²) < 4.78 is 18.7. The summed E-state index contributed by atoms with van der Waals surface area (Å²) in [7, 11) is -0.497. The lowest BCUT2D eigenvalue weighted by Crippen LogP contribution is -2.56. The van der Waals surface area contributed by atoms with Crippen LogP contribution in [0.3, 0.4) is 0 Å². The van der Waals surface area contributed by atoms with E-state index in [1.165, 1.54) is 4.90 Å². The van der Waals surface area contributed by atoms with Crippen LogP contribution in [0.25, 0.3) is 0 Å². The fraction of sp³-hybridized carbons (Fsp3) is 0.636. The SMILES string of the molecule is COC1N(c2ccc(C#N)c(Cl)c2C)C(=O)OC12CCCC2O[Si](C)(C)C(C)(C)C. The molecule has 3 atom stereocenters. The zero-order valence-corrected chi connectivity index (χ0v) is 20.6. The third kappa shape index (κ3) is 3.54. The molecule has 1 saturated carbocycles. The van der Waals surface area contributed by atoms with Gasteiger partial charge in [-0.1, -0.05) is 32.4 Å². The van der Waals surface area contributed by atoms with Crippen molar-refractivity contribution >= 4 is 31.7 Å². The standard InChI is InChI=1S/C22H31ClN2O4Si/c1-14-16(11-10-15(13-24)18(14)23)25-19(27-5)22(28-20(25)26)12-8-9-17(22)29-30(6,7)21(2,3)4/h10-11,17,19H,8-9,12H2,1-7H3. The van der Waals surface area contributed by atoms with Gasteiger partial charge in [0.2, 0.25) is 0 Å². The Labute approximate surface area is 185 Å². The molecule has 6 nitrogen and oxygen atoms in total. The first-order valence-electron chi connectivity index (χ1n) is 10.3. The Balaban J connectivity index is 2.02. The van der Waals surface area contributed by atoms with Gasteiger partial charge in [-0.05, 0) is 62.0 Å². The van der Waals surface area contributed by atoms with Crippen molar-refractivity contribution in [3.63, 3.8) is 0 Å². The highest BCUT2D eigenvalue weighted by atomic mass is 35.5. The molecule has 3 unspecified atom stereocenters. The second-order valence-electron chi connectivity index (χ2n) is 9.72. The molecule has 2 fully saturated rings. The smallest absolute Gasteiger partial charge is 0.417 e. The minimum absolute atomic E-state index is 0.0406. The van der Waals surface area contributed by atoms with Gasteiger partial charge in [0, 0.05) is 7.11 Å². The fourth-order valence-electron chi connectivity index (χ4n) is 4.19. The van der Waals surface area contributed by atoms with Gasteiger partial charge in [-0.3, -0.25) is 0 Å². The van der Waals surface area contributed by atoms with Crippen molar-refractivity contribution in [3.05, 3.63) is 28.3 Å². The Morgan fingerprint density at radius 3 is 2.60 bits per heavy atom.